The molecule has 1 heterocycles. The number of halogens is 2. The van der Waals surface area contributed by atoms with E-state index >= 15 is 0 Å². The first-order valence-corrected chi connectivity index (χ1v) is 16.7. The van der Waals surface area contributed by atoms with E-state index in [1.165, 1.54) is 37.0 Å². The Balaban J connectivity index is 1.22. The Morgan fingerprint density at radius 1 is 0.851 bits per heavy atom. The number of likely N-dealkylation sites (tertiary alicyclic amines) is 1. The average molecular weight is 689 g/mol. The fourth-order valence-electron chi connectivity index (χ4n) is 6.24. The highest BCUT2D eigenvalue weighted by atomic mass is 35.5. The number of nitrogens with zero attached hydrogens (tertiary/aromatic N) is 3. The number of likely N-dealkylation sites (N-methyl/N-ethyl adjacent to an activating group) is 1. The van der Waals surface area contributed by atoms with Crippen molar-refractivity contribution in [3.63, 3.8) is 0 Å². The molecule has 1 atom stereocenters. The number of hydrogen-bond acceptors (Lipinski definition) is 7. The number of nitro groups is 1. The zero-order valence-electron chi connectivity index (χ0n) is 26.8. The summed E-state index contributed by atoms with van der Waals surface area (Å²) in [5, 5.41) is 12.0. The maximum atomic E-state index is 12.4. The molecule has 0 aliphatic carbocycles. The Bertz CT molecular complexity index is 1480. The number of carbonyl (C=O) groups excluding carboxylic acids is 2. The number of nitro benzene ring substituents is 1. The summed E-state index contributed by atoms with van der Waals surface area (Å²) in [5.74, 6) is -0.415. The molecule has 4 rings (SSSR count). The standard InChI is InChI=1S/C35H43Cl2N3O7/c1-39(25-30-14-17-32(36)33(37)23-30,24-29-12-15-31(16-13-29)38(43)44)21-22-45-35(42)47-27-46-34(41)11-8-20-40(18-6-3-7-19-40)26-28-9-4-2-5-10-28/h2,4-5,9-10,12-17,23H,3,6-8,11,18-22,24-27H2,1H3/q+2. The van der Waals surface area contributed by atoms with Crippen LogP contribution >= 0.6 is 23.2 Å². The van der Waals surface area contributed by atoms with Crippen LogP contribution in [0, 0.1) is 10.1 Å². The van der Waals surface area contributed by atoms with E-state index in [0.29, 0.717) is 40.6 Å². The van der Waals surface area contributed by atoms with Crippen molar-refractivity contribution in [3.05, 3.63) is 110 Å². The average Bonchev–Trinajstić information content (AvgIpc) is 3.04. The third kappa shape index (κ3) is 11.8. The van der Waals surface area contributed by atoms with Crippen LogP contribution in [0.5, 0.6) is 0 Å². The SMILES string of the molecule is C[N+](CCOC(=O)OCOC(=O)CCC[N+]1(Cc2ccccc2)CCCCC1)(Cc1ccc([N+](=O)[O-])cc1)Cc1ccc(Cl)c(Cl)c1. The van der Waals surface area contributed by atoms with Crippen LogP contribution in [0.2, 0.25) is 10.0 Å². The van der Waals surface area contributed by atoms with E-state index in [9.17, 15) is 19.7 Å². The molecule has 0 spiro atoms. The molecule has 47 heavy (non-hydrogen) atoms. The van der Waals surface area contributed by atoms with Crippen LogP contribution in [0.3, 0.4) is 0 Å². The lowest BCUT2D eigenvalue weighted by Gasteiger charge is -2.41. The summed E-state index contributed by atoms with van der Waals surface area (Å²) in [5.41, 5.74) is 3.12. The predicted molar refractivity (Wildman–Crippen MR) is 180 cm³/mol. The number of piperidine rings is 1. The monoisotopic (exact) mass is 687 g/mol. The van der Waals surface area contributed by atoms with Crippen molar-refractivity contribution in [2.75, 3.05) is 46.6 Å². The van der Waals surface area contributed by atoms with Gasteiger partial charge in [0, 0.05) is 35.2 Å². The van der Waals surface area contributed by atoms with Crippen molar-refractivity contribution in [1.82, 2.24) is 0 Å². The lowest BCUT2D eigenvalue weighted by atomic mass is 10.0. The van der Waals surface area contributed by atoms with Gasteiger partial charge in [-0.2, -0.15) is 0 Å². The number of rotatable bonds is 16. The molecule has 1 unspecified atom stereocenters. The number of esters is 1. The number of ether oxygens (including phenoxy) is 3. The van der Waals surface area contributed by atoms with Gasteiger partial charge >= 0.3 is 12.1 Å². The van der Waals surface area contributed by atoms with E-state index in [4.69, 9.17) is 37.4 Å². The molecule has 1 aliphatic rings. The molecule has 3 aromatic carbocycles. The van der Waals surface area contributed by atoms with Crippen molar-refractivity contribution in [2.45, 2.75) is 51.7 Å². The molecule has 252 valence electrons. The molecule has 12 heteroatoms. The van der Waals surface area contributed by atoms with Gasteiger partial charge in [-0.15, -0.1) is 0 Å². The maximum Gasteiger partial charge on any atom is 0.511 e. The number of quaternary nitrogens is 2. The lowest BCUT2D eigenvalue weighted by Crippen LogP contribution is -2.51. The van der Waals surface area contributed by atoms with Crippen molar-refractivity contribution < 1.29 is 37.7 Å². The van der Waals surface area contributed by atoms with E-state index in [1.807, 2.05) is 19.2 Å². The van der Waals surface area contributed by atoms with Crippen LogP contribution in [0.4, 0.5) is 10.5 Å². The smallest absolute Gasteiger partial charge is 0.428 e. The van der Waals surface area contributed by atoms with Crippen molar-refractivity contribution in [1.29, 1.82) is 0 Å². The Morgan fingerprint density at radius 3 is 2.21 bits per heavy atom. The molecule has 0 amide bonds. The van der Waals surface area contributed by atoms with Crippen LogP contribution in [0.1, 0.15) is 48.8 Å². The fourth-order valence-corrected chi connectivity index (χ4v) is 6.56. The van der Waals surface area contributed by atoms with Crippen molar-refractivity contribution in [2.24, 2.45) is 0 Å². The zero-order valence-corrected chi connectivity index (χ0v) is 28.3. The van der Waals surface area contributed by atoms with Crippen LogP contribution < -0.4 is 0 Å². The highest BCUT2D eigenvalue weighted by molar-refractivity contribution is 6.42. The van der Waals surface area contributed by atoms with Gasteiger partial charge in [-0.1, -0.05) is 59.6 Å². The molecule has 0 bridgehead atoms. The van der Waals surface area contributed by atoms with Gasteiger partial charge in [-0.05, 0) is 43.5 Å². The number of non-ortho nitro benzene ring substituents is 1. The van der Waals surface area contributed by atoms with Crippen LogP contribution in [-0.2, 0) is 38.6 Å². The predicted octanol–water partition coefficient (Wildman–Crippen LogP) is 7.68. The first kappa shape index (κ1) is 36.1. The highest BCUT2D eigenvalue weighted by Gasteiger charge is 2.30. The van der Waals surface area contributed by atoms with Gasteiger partial charge in [0.1, 0.15) is 32.8 Å². The summed E-state index contributed by atoms with van der Waals surface area (Å²) >= 11 is 12.3. The van der Waals surface area contributed by atoms with Gasteiger partial charge in [-0.3, -0.25) is 14.9 Å². The molecule has 1 saturated heterocycles. The molecular weight excluding hydrogens is 645 g/mol. The van der Waals surface area contributed by atoms with Gasteiger partial charge in [0.15, 0.2) is 0 Å². The molecule has 0 aromatic heterocycles. The summed E-state index contributed by atoms with van der Waals surface area (Å²) in [7, 11) is 1.98. The van der Waals surface area contributed by atoms with E-state index in [2.05, 4.69) is 24.3 Å². The molecule has 3 aromatic rings. The van der Waals surface area contributed by atoms with Gasteiger partial charge in [-0.25, -0.2) is 4.79 Å². The quantitative estimate of drug-likeness (QED) is 0.0500. The second-order valence-corrected chi connectivity index (χ2v) is 13.3. The van der Waals surface area contributed by atoms with Crippen molar-refractivity contribution in [3.8, 4) is 0 Å². The highest BCUT2D eigenvalue weighted by Crippen LogP contribution is 2.26. The first-order valence-electron chi connectivity index (χ1n) is 15.9. The van der Waals surface area contributed by atoms with Gasteiger partial charge in [0.25, 0.3) is 5.69 Å². The second-order valence-electron chi connectivity index (χ2n) is 12.5. The summed E-state index contributed by atoms with van der Waals surface area (Å²) in [6, 6.07) is 22.2. The van der Waals surface area contributed by atoms with Gasteiger partial charge in [0.05, 0.1) is 48.1 Å². The van der Waals surface area contributed by atoms with Crippen LogP contribution in [0.25, 0.3) is 0 Å². The van der Waals surface area contributed by atoms with Gasteiger partial charge in [0.2, 0.25) is 6.79 Å². The zero-order chi connectivity index (χ0) is 33.7. The Hall–Kier alpha value is -3.70. The summed E-state index contributed by atoms with van der Waals surface area (Å²) in [6.45, 7) is 5.01. The maximum absolute atomic E-state index is 12.4. The number of carbonyl (C=O) groups is 2. The Morgan fingerprint density at radius 2 is 1.53 bits per heavy atom. The molecule has 1 aliphatic heterocycles. The van der Waals surface area contributed by atoms with Crippen LogP contribution in [0.15, 0.2) is 72.8 Å². The topological polar surface area (TPSA) is 105 Å². The largest absolute Gasteiger partial charge is 0.511 e. The Kier molecular flexibility index (Phi) is 13.4. The minimum Gasteiger partial charge on any atom is -0.428 e. The molecule has 0 saturated carbocycles. The molecule has 0 radical (unpaired) electrons. The number of benzene rings is 3. The van der Waals surface area contributed by atoms with Crippen molar-refractivity contribution >= 4 is 41.0 Å². The van der Waals surface area contributed by atoms with Gasteiger partial charge < -0.3 is 23.2 Å². The summed E-state index contributed by atoms with van der Waals surface area (Å²) < 4.78 is 16.9. The third-order valence-electron chi connectivity index (χ3n) is 8.65. The second kappa shape index (κ2) is 17.5. The molecule has 10 nitrogen and oxygen atoms in total. The molecule has 1 fully saturated rings. The van der Waals surface area contributed by atoms with E-state index < -0.39 is 23.8 Å². The van der Waals surface area contributed by atoms with Crippen LogP contribution in [-0.4, -0.2) is 72.6 Å². The minimum absolute atomic E-state index is 0.00887. The summed E-state index contributed by atoms with van der Waals surface area (Å²) in [4.78, 5) is 35.4. The van der Waals surface area contributed by atoms with E-state index in [1.54, 1.807) is 24.3 Å². The molecular formula is C35H43Cl2N3O7+2. The number of hydrogen-bond donors (Lipinski definition) is 0. The molecule has 0 N–H and O–H groups in total. The lowest BCUT2D eigenvalue weighted by molar-refractivity contribution is -0.945. The fraction of sp³-hybridized carbons (Fsp3) is 0.429. The van der Waals surface area contributed by atoms with E-state index in [0.717, 1.165) is 41.8 Å². The minimum atomic E-state index is -0.935. The Labute approximate surface area is 286 Å². The normalized spacial score (nSPS) is 15.3. The van der Waals surface area contributed by atoms with E-state index in [-0.39, 0.29) is 18.7 Å². The summed E-state index contributed by atoms with van der Waals surface area (Å²) in [6.07, 6.45) is 3.64. The first-order chi connectivity index (χ1) is 22.5. The third-order valence-corrected chi connectivity index (χ3v) is 9.39.